The topological polar surface area (TPSA) is 117 Å². The molecule has 0 aromatic heterocycles. The van der Waals surface area contributed by atoms with Crippen LogP contribution in [0.1, 0.15) is 10.4 Å². The molecule has 0 aliphatic rings. The van der Waals surface area contributed by atoms with Gasteiger partial charge < -0.3 is 19.5 Å². The van der Waals surface area contributed by atoms with E-state index in [9.17, 15) is 19.7 Å². The lowest BCUT2D eigenvalue weighted by Gasteiger charge is -2.11. The number of nitro benzene ring substituents is 1. The number of benzene rings is 2. The first-order valence-electron chi connectivity index (χ1n) is 7.38. The summed E-state index contributed by atoms with van der Waals surface area (Å²) in [6.45, 7) is -0.483. The van der Waals surface area contributed by atoms with Gasteiger partial charge in [0, 0.05) is 0 Å². The molecule has 9 heteroatoms. The van der Waals surface area contributed by atoms with E-state index in [0.29, 0.717) is 5.75 Å². The normalized spacial score (nSPS) is 9.92. The van der Waals surface area contributed by atoms with Crippen LogP contribution in [0.15, 0.2) is 42.5 Å². The van der Waals surface area contributed by atoms with E-state index in [4.69, 9.17) is 9.47 Å². The van der Waals surface area contributed by atoms with Crippen LogP contribution in [0.4, 0.5) is 11.4 Å². The Bertz CT molecular complexity index is 836. The highest BCUT2D eigenvalue weighted by Crippen LogP contribution is 2.31. The summed E-state index contributed by atoms with van der Waals surface area (Å²) >= 11 is 0. The van der Waals surface area contributed by atoms with Crippen LogP contribution in [0.25, 0.3) is 0 Å². The zero-order valence-corrected chi connectivity index (χ0v) is 14.1. The van der Waals surface area contributed by atoms with Gasteiger partial charge in [-0.15, -0.1) is 0 Å². The van der Waals surface area contributed by atoms with Gasteiger partial charge in [-0.3, -0.25) is 14.9 Å². The van der Waals surface area contributed by atoms with Crippen molar-refractivity contribution in [1.82, 2.24) is 0 Å². The summed E-state index contributed by atoms with van der Waals surface area (Å²) in [6.07, 6.45) is 0. The number of carbonyl (C=O) groups is 2. The smallest absolute Gasteiger partial charge is 0.339 e. The first kappa shape index (κ1) is 18.7. The molecule has 0 radical (unpaired) electrons. The van der Waals surface area contributed by atoms with Crippen LogP contribution in [0.2, 0.25) is 0 Å². The Labute approximate surface area is 148 Å². The molecule has 1 N–H and O–H groups in total. The van der Waals surface area contributed by atoms with E-state index < -0.39 is 23.4 Å². The van der Waals surface area contributed by atoms with E-state index in [1.165, 1.54) is 44.6 Å². The fraction of sp³-hybridized carbons (Fsp3) is 0.176. The average molecular weight is 360 g/mol. The predicted octanol–water partition coefficient (Wildman–Crippen LogP) is 2.41. The van der Waals surface area contributed by atoms with Crippen LogP contribution >= 0.6 is 0 Å². The van der Waals surface area contributed by atoms with Gasteiger partial charge in [0.1, 0.15) is 5.75 Å². The third-order valence-electron chi connectivity index (χ3n) is 3.33. The summed E-state index contributed by atoms with van der Waals surface area (Å²) in [5.74, 6) is -0.980. The largest absolute Gasteiger partial charge is 0.496 e. The van der Waals surface area contributed by atoms with E-state index in [-0.39, 0.29) is 22.7 Å². The monoisotopic (exact) mass is 360 g/mol. The number of amides is 1. The van der Waals surface area contributed by atoms with Gasteiger partial charge in [-0.2, -0.15) is 0 Å². The second kappa shape index (κ2) is 8.47. The minimum Gasteiger partial charge on any atom is -0.496 e. The highest BCUT2D eigenvalue weighted by Gasteiger charge is 2.18. The Hall–Kier alpha value is -3.62. The molecule has 2 aromatic carbocycles. The summed E-state index contributed by atoms with van der Waals surface area (Å²) < 4.78 is 14.8. The van der Waals surface area contributed by atoms with Gasteiger partial charge in [-0.1, -0.05) is 12.1 Å². The lowest BCUT2D eigenvalue weighted by molar-refractivity contribution is -0.385. The van der Waals surface area contributed by atoms with E-state index in [0.717, 1.165) is 0 Å². The standard InChI is InChI=1S/C17H16N2O7/c1-24-11-7-8-15(14(9-11)19(22)23)26-10-16(20)18-13-6-4-3-5-12(13)17(21)25-2/h3-9H,10H2,1-2H3,(H,18,20). The number of carbonyl (C=O) groups excluding carboxylic acids is 2. The zero-order valence-electron chi connectivity index (χ0n) is 14.1. The summed E-state index contributed by atoms with van der Waals surface area (Å²) in [7, 11) is 2.61. The molecule has 0 aliphatic carbocycles. The SMILES string of the molecule is COC(=O)c1ccccc1NC(=O)COc1ccc(OC)cc1[N+](=O)[O-]. The molecule has 2 aromatic rings. The van der Waals surface area contributed by atoms with Crippen LogP contribution in [-0.2, 0) is 9.53 Å². The van der Waals surface area contributed by atoms with Crippen molar-refractivity contribution in [2.24, 2.45) is 0 Å². The summed E-state index contributed by atoms with van der Waals surface area (Å²) in [5.41, 5.74) is 0.100. The molecule has 0 fully saturated rings. The van der Waals surface area contributed by atoms with Crippen molar-refractivity contribution in [3.05, 3.63) is 58.1 Å². The van der Waals surface area contributed by atoms with Crippen LogP contribution in [0.3, 0.4) is 0 Å². The van der Waals surface area contributed by atoms with Crippen molar-refractivity contribution in [2.75, 3.05) is 26.1 Å². The average Bonchev–Trinajstić information content (AvgIpc) is 2.65. The molecular formula is C17H16N2O7. The first-order chi connectivity index (χ1) is 12.5. The zero-order chi connectivity index (χ0) is 19.1. The summed E-state index contributed by atoms with van der Waals surface area (Å²) in [5, 5.41) is 13.6. The van der Waals surface area contributed by atoms with Crippen LogP contribution in [0.5, 0.6) is 11.5 Å². The maximum absolute atomic E-state index is 12.1. The third kappa shape index (κ3) is 4.47. The molecule has 26 heavy (non-hydrogen) atoms. The number of rotatable bonds is 7. The van der Waals surface area contributed by atoms with Gasteiger partial charge in [0.15, 0.2) is 12.4 Å². The molecule has 0 spiro atoms. The Morgan fingerprint density at radius 1 is 1.15 bits per heavy atom. The number of hydrogen-bond acceptors (Lipinski definition) is 7. The fourth-order valence-corrected chi connectivity index (χ4v) is 2.10. The van der Waals surface area contributed by atoms with Crippen LogP contribution < -0.4 is 14.8 Å². The number of esters is 1. The number of ether oxygens (including phenoxy) is 3. The van der Waals surface area contributed by atoms with Crippen molar-refractivity contribution in [3.8, 4) is 11.5 Å². The minimum atomic E-state index is -0.637. The first-order valence-corrected chi connectivity index (χ1v) is 7.38. The Balaban J connectivity index is 2.09. The quantitative estimate of drug-likeness (QED) is 0.458. The summed E-state index contributed by atoms with van der Waals surface area (Å²) in [4.78, 5) is 34.2. The Kier molecular flexibility index (Phi) is 6.10. The number of methoxy groups -OCH3 is 2. The molecule has 0 atom stereocenters. The van der Waals surface area contributed by atoms with Crippen molar-refractivity contribution in [2.45, 2.75) is 0 Å². The number of hydrogen-bond donors (Lipinski definition) is 1. The fourth-order valence-electron chi connectivity index (χ4n) is 2.10. The molecule has 0 saturated carbocycles. The Morgan fingerprint density at radius 2 is 1.88 bits per heavy atom. The van der Waals surface area contributed by atoms with Crippen molar-refractivity contribution < 1.29 is 28.7 Å². The molecule has 0 aliphatic heterocycles. The maximum Gasteiger partial charge on any atom is 0.339 e. The second-order valence-corrected chi connectivity index (χ2v) is 4.96. The molecule has 0 saturated heterocycles. The van der Waals surface area contributed by atoms with Gasteiger partial charge in [-0.25, -0.2) is 4.79 Å². The number of nitrogens with zero attached hydrogens (tertiary/aromatic N) is 1. The van der Waals surface area contributed by atoms with E-state index in [1.54, 1.807) is 12.1 Å². The van der Waals surface area contributed by atoms with Gasteiger partial charge in [0.2, 0.25) is 0 Å². The molecule has 0 heterocycles. The van der Waals surface area contributed by atoms with Crippen molar-refractivity contribution >= 4 is 23.3 Å². The minimum absolute atomic E-state index is 0.0767. The van der Waals surface area contributed by atoms with Crippen molar-refractivity contribution in [1.29, 1.82) is 0 Å². The van der Waals surface area contributed by atoms with Crippen LogP contribution in [0, 0.1) is 10.1 Å². The number of para-hydroxylation sites is 1. The number of anilines is 1. The molecule has 136 valence electrons. The second-order valence-electron chi connectivity index (χ2n) is 4.96. The Morgan fingerprint density at radius 3 is 2.54 bits per heavy atom. The van der Waals surface area contributed by atoms with Gasteiger partial charge >= 0.3 is 11.7 Å². The van der Waals surface area contributed by atoms with Gasteiger partial charge in [-0.05, 0) is 24.3 Å². The van der Waals surface area contributed by atoms with Gasteiger partial charge in [0.25, 0.3) is 5.91 Å². The summed E-state index contributed by atoms with van der Waals surface area (Å²) in [6, 6.07) is 10.3. The lowest BCUT2D eigenvalue weighted by Crippen LogP contribution is -2.22. The third-order valence-corrected chi connectivity index (χ3v) is 3.33. The molecular weight excluding hydrogens is 344 g/mol. The highest BCUT2D eigenvalue weighted by molar-refractivity contribution is 6.01. The molecule has 0 bridgehead atoms. The van der Waals surface area contributed by atoms with E-state index in [1.807, 2.05) is 0 Å². The van der Waals surface area contributed by atoms with E-state index in [2.05, 4.69) is 10.1 Å². The predicted molar refractivity (Wildman–Crippen MR) is 91.6 cm³/mol. The molecule has 1 amide bonds. The van der Waals surface area contributed by atoms with Gasteiger partial charge in [0.05, 0.1) is 36.5 Å². The van der Waals surface area contributed by atoms with Crippen molar-refractivity contribution in [3.63, 3.8) is 0 Å². The number of nitrogens with one attached hydrogen (secondary N) is 1. The molecule has 9 nitrogen and oxygen atoms in total. The molecule has 2 rings (SSSR count). The number of nitro groups is 1. The maximum atomic E-state index is 12.1. The van der Waals surface area contributed by atoms with Crippen LogP contribution in [-0.4, -0.2) is 37.6 Å². The molecule has 0 unspecified atom stereocenters. The highest BCUT2D eigenvalue weighted by atomic mass is 16.6. The lowest BCUT2D eigenvalue weighted by atomic mass is 10.2. The van der Waals surface area contributed by atoms with E-state index >= 15 is 0 Å².